The number of nitrogens with one attached hydrogen (secondary N) is 1. The van der Waals surface area contributed by atoms with Gasteiger partial charge >= 0.3 is 0 Å². The second-order valence-corrected chi connectivity index (χ2v) is 8.85. The molecule has 3 fully saturated rings. The highest BCUT2D eigenvalue weighted by atomic mass is 32.2. The molecule has 2 saturated heterocycles. The Morgan fingerprint density at radius 1 is 1.28 bits per heavy atom. The first-order chi connectivity index (χ1) is 12.0. The van der Waals surface area contributed by atoms with Gasteiger partial charge in [0.1, 0.15) is 6.04 Å². The third kappa shape index (κ3) is 4.13. The fourth-order valence-corrected chi connectivity index (χ4v) is 5.16. The van der Waals surface area contributed by atoms with Gasteiger partial charge in [0.15, 0.2) is 0 Å². The lowest BCUT2D eigenvalue weighted by molar-refractivity contribution is -0.141. The minimum Gasteiger partial charge on any atom is -0.354 e. The number of amides is 3. The van der Waals surface area contributed by atoms with E-state index in [2.05, 4.69) is 5.32 Å². The van der Waals surface area contributed by atoms with Crippen LogP contribution in [0.4, 0.5) is 0 Å². The smallest absolute Gasteiger partial charge is 0.243 e. The van der Waals surface area contributed by atoms with E-state index in [1.54, 1.807) is 16.7 Å². The van der Waals surface area contributed by atoms with Crippen molar-refractivity contribution in [3.8, 4) is 0 Å². The van der Waals surface area contributed by atoms with Crippen LogP contribution in [0, 0.1) is 11.8 Å². The maximum Gasteiger partial charge on any atom is 0.243 e. The molecule has 2 aliphatic heterocycles. The van der Waals surface area contributed by atoms with Gasteiger partial charge in [-0.05, 0) is 18.8 Å². The Bertz CT molecular complexity index is 534. The number of carbonyl (C=O) groups excluding carboxylic acids is 3. The minimum absolute atomic E-state index is 0.0245. The molecule has 0 aromatic carbocycles. The van der Waals surface area contributed by atoms with Gasteiger partial charge in [0.2, 0.25) is 17.7 Å². The zero-order valence-electron chi connectivity index (χ0n) is 15.2. The van der Waals surface area contributed by atoms with Crippen molar-refractivity contribution in [2.24, 2.45) is 11.8 Å². The molecule has 0 spiro atoms. The van der Waals surface area contributed by atoms with E-state index in [0.29, 0.717) is 43.1 Å². The molecule has 1 saturated carbocycles. The van der Waals surface area contributed by atoms with Crippen LogP contribution < -0.4 is 5.32 Å². The number of carbonyl (C=O) groups is 3. The van der Waals surface area contributed by atoms with Crippen molar-refractivity contribution in [2.75, 3.05) is 24.7 Å². The first-order valence-electron chi connectivity index (χ1n) is 9.42. The lowest BCUT2D eigenvalue weighted by Gasteiger charge is -2.27. The van der Waals surface area contributed by atoms with Gasteiger partial charge in [-0.1, -0.05) is 26.7 Å². The van der Waals surface area contributed by atoms with E-state index in [0.717, 1.165) is 12.8 Å². The third-order valence-corrected chi connectivity index (χ3v) is 6.44. The molecular weight excluding hydrogens is 338 g/mol. The Balaban J connectivity index is 1.60. The van der Waals surface area contributed by atoms with Crippen LogP contribution >= 0.6 is 11.8 Å². The zero-order valence-corrected chi connectivity index (χ0v) is 16.0. The fourth-order valence-electron chi connectivity index (χ4n) is 4.00. The van der Waals surface area contributed by atoms with Crippen LogP contribution in [0.1, 0.15) is 46.0 Å². The standard InChI is InChI=1S/C18H29N3O3S/c1-12(2)8-19-17(23)15-10-25-11-21(15)18(24)13-7-16(22)20(9-13)14-5-3-4-6-14/h12-15H,3-11H2,1-2H3,(H,19,23)/t13-,15-/m0/s1. The Labute approximate surface area is 154 Å². The molecule has 0 radical (unpaired) electrons. The molecule has 3 rings (SSSR count). The Hall–Kier alpha value is -1.24. The molecule has 0 bridgehead atoms. The van der Waals surface area contributed by atoms with Crippen molar-refractivity contribution >= 4 is 29.5 Å². The molecular formula is C18H29N3O3S. The third-order valence-electron chi connectivity index (χ3n) is 5.43. The molecule has 2 atom stereocenters. The number of hydrogen-bond acceptors (Lipinski definition) is 4. The van der Waals surface area contributed by atoms with Crippen molar-refractivity contribution < 1.29 is 14.4 Å². The largest absolute Gasteiger partial charge is 0.354 e. The SMILES string of the molecule is CC(C)CNC(=O)[C@@H]1CSCN1C(=O)[C@H]1CC(=O)N(C2CCCC2)C1. The number of nitrogens with zero attached hydrogens (tertiary/aromatic N) is 2. The summed E-state index contributed by atoms with van der Waals surface area (Å²) in [4.78, 5) is 41.4. The van der Waals surface area contributed by atoms with Gasteiger partial charge < -0.3 is 15.1 Å². The molecule has 1 aliphatic carbocycles. The molecule has 0 aromatic heterocycles. The van der Waals surface area contributed by atoms with Crippen molar-refractivity contribution in [1.29, 1.82) is 0 Å². The Kier molecular flexibility index (Phi) is 5.92. The fraction of sp³-hybridized carbons (Fsp3) is 0.833. The first-order valence-corrected chi connectivity index (χ1v) is 10.6. The normalized spacial score (nSPS) is 27.6. The summed E-state index contributed by atoms with van der Waals surface area (Å²) in [7, 11) is 0. The summed E-state index contributed by atoms with van der Waals surface area (Å²) in [6.07, 6.45) is 4.78. The van der Waals surface area contributed by atoms with Crippen LogP contribution in [0.25, 0.3) is 0 Å². The molecule has 140 valence electrons. The summed E-state index contributed by atoms with van der Waals surface area (Å²) in [6, 6.07) is -0.0738. The van der Waals surface area contributed by atoms with Crippen molar-refractivity contribution in [1.82, 2.24) is 15.1 Å². The van der Waals surface area contributed by atoms with E-state index in [9.17, 15) is 14.4 Å². The molecule has 6 nitrogen and oxygen atoms in total. The second kappa shape index (κ2) is 7.98. The summed E-state index contributed by atoms with van der Waals surface area (Å²) in [5.41, 5.74) is 0. The summed E-state index contributed by atoms with van der Waals surface area (Å²) in [5.74, 6) is 1.31. The first kappa shape index (κ1) is 18.5. The highest BCUT2D eigenvalue weighted by Gasteiger charge is 2.43. The van der Waals surface area contributed by atoms with Crippen molar-refractivity contribution in [3.05, 3.63) is 0 Å². The second-order valence-electron chi connectivity index (χ2n) is 7.85. The van der Waals surface area contributed by atoms with Crippen LogP contribution in [0.15, 0.2) is 0 Å². The number of rotatable bonds is 5. The van der Waals surface area contributed by atoms with Gasteiger partial charge in [-0.15, -0.1) is 11.8 Å². The van der Waals surface area contributed by atoms with E-state index in [-0.39, 0.29) is 23.6 Å². The van der Waals surface area contributed by atoms with Gasteiger partial charge in [0, 0.05) is 31.3 Å². The summed E-state index contributed by atoms with van der Waals surface area (Å²) in [6.45, 7) is 5.26. The number of thioether (sulfide) groups is 1. The number of likely N-dealkylation sites (tertiary alicyclic amines) is 1. The van der Waals surface area contributed by atoms with Crippen LogP contribution in [-0.4, -0.2) is 64.3 Å². The monoisotopic (exact) mass is 367 g/mol. The van der Waals surface area contributed by atoms with E-state index in [1.165, 1.54) is 12.8 Å². The van der Waals surface area contributed by atoms with E-state index in [1.807, 2.05) is 18.7 Å². The predicted octanol–water partition coefficient (Wildman–Crippen LogP) is 1.45. The van der Waals surface area contributed by atoms with E-state index >= 15 is 0 Å². The Morgan fingerprint density at radius 2 is 2.00 bits per heavy atom. The Morgan fingerprint density at radius 3 is 2.68 bits per heavy atom. The average Bonchev–Trinajstić information content (AvgIpc) is 3.31. The highest BCUT2D eigenvalue weighted by Crippen LogP contribution is 2.32. The van der Waals surface area contributed by atoms with E-state index < -0.39 is 6.04 Å². The highest BCUT2D eigenvalue weighted by molar-refractivity contribution is 7.99. The van der Waals surface area contributed by atoms with Gasteiger partial charge in [0.05, 0.1) is 11.8 Å². The van der Waals surface area contributed by atoms with Gasteiger partial charge in [0.25, 0.3) is 0 Å². The topological polar surface area (TPSA) is 69.7 Å². The molecule has 7 heteroatoms. The zero-order chi connectivity index (χ0) is 18.0. The average molecular weight is 368 g/mol. The molecule has 3 aliphatic rings. The quantitative estimate of drug-likeness (QED) is 0.799. The predicted molar refractivity (Wildman–Crippen MR) is 97.9 cm³/mol. The van der Waals surface area contributed by atoms with Crippen LogP contribution in [0.3, 0.4) is 0 Å². The van der Waals surface area contributed by atoms with Gasteiger partial charge in [-0.2, -0.15) is 0 Å². The summed E-state index contributed by atoms with van der Waals surface area (Å²) >= 11 is 1.61. The van der Waals surface area contributed by atoms with Gasteiger partial charge in [-0.25, -0.2) is 0 Å². The molecule has 25 heavy (non-hydrogen) atoms. The van der Waals surface area contributed by atoms with E-state index in [4.69, 9.17) is 0 Å². The molecule has 3 amide bonds. The summed E-state index contributed by atoms with van der Waals surface area (Å²) < 4.78 is 0. The van der Waals surface area contributed by atoms with Crippen LogP contribution in [-0.2, 0) is 14.4 Å². The number of hydrogen-bond donors (Lipinski definition) is 1. The van der Waals surface area contributed by atoms with Crippen molar-refractivity contribution in [3.63, 3.8) is 0 Å². The summed E-state index contributed by atoms with van der Waals surface area (Å²) in [5, 5.41) is 2.94. The van der Waals surface area contributed by atoms with Gasteiger partial charge in [-0.3, -0.25) is 14.4 Å². The lowest BCUT2D eigenvalue weighted by Crippen LogP contribution is -2.50. The minimum atomic E-state index is -0.396. The maximum absolute atomic E-state index is 13.0. The maximum atomic E-state index is 13.0. The van der Waals surface area contributed by atoms with Crippen LogP contribution in [0.2, 0.25) is 0 Å². The molecule has 0 aromatic rings. The molecule has 1 N–H and O–H groups in total. The molecule has 0 unspecified atom stereocenters. The molecule has 2 heterocycles. The van der Waals surface area contributed by atoms with Crippen molar-refractivity contribution in [2.45, 2.75) is 58.0 Å². The lowest BCUT2D eigenvalue weighted by atomic mass is 10.1. The van der Waals surface area contributed by atoms with Crippen LogP contribution in [0.5, 0.6) is 0 Å².